The Morgan fingerprint density at radius 2 is 2.22 bits per heavy atom. The number of aromatic nitrogens is 2. The van der Waals surface area contributed by atoms with Gasteiger partial charge in [-0.1, -0.05) is 6.08 Å². The number of rotatable bonds is 2. The van der Waals surface area contributed by atoms with Crippen molar-refractivity contribution >= 4 is 21.8 Å². The molecule has 9 heteroatoms. The maximum Gasteiger partial charge on any atom is 0.343 e. The summed E-state index contributed by atoms with van der Waals surface area (Å²) in [6.07, 6.45) is 2.50. The Hall–Kier alpha value is -1.35. The van der Waals surface area contributed by atoms with Gasteiger partial charge < -0.3 is 0 Å². The lowest BCUT2D eigenvalue weighted by atomic mass is 10.5. The molecule has 0 aliphatic carbocycles. The van der Waals surface area contributed by atoms with E-state index in [-0.39, 0.29) is 6.42 Å². The molecule has 6 nitrogen and oxygen atoms in total. The molecular formula is C9H10FN3O3S2. The van der Waals surface area contributed by atoms with Gasteiger partial charge in [0, 0.05) is 7.05 Å². The highest BCUT2D eigenvalue weighted by Crippen LogP contribution is 2.29. The van der Waals surface area contributed by atoms with Crippen molar-refractivity contribution in [3.05, 3.63) is 39.5 Å². The molecule has 1 aromatic rings. The predicted octanol–water partition coefficient (Wildman–Crippen LogP) is -0.0400. The maximum atomic E-state index is 13.4. The second kappa shape index (κ2) is 4.39. The molecule has 1 atom stereocenters. The van der Waals surface area contributed by atoms with Crippen molar-refractivity contribution in [3.63, 3.8) is 0 Å². The van der Waals surface area contributed by atoms with Gasteiger partial charge in [0.25, 0.3) is 10.0 Å². The first kappa shape index (κ1) is 13.1. The van der Waals surface area contributed by atoms with E-state index >= 15 is 0 Å². The highest BCUT2D eigenvalue weighted by Gasteiger charge is 2.30. The van der Waals surface area contributed by atoms with Crippen LogP contribution in [-0.4, -0.2) is 21.5 Å². The molecule has 1 aromatic heterocycles. The number of allylic oxidation sites excluding steroid dienone is 1. The van der Waals surface area contributed by atoms with Crippen LogP contribution in [-0.2, 0) is 17.1 Å². The Kier molecular flexibility index (Phi) is 3.20. The summed E-state index contributed by atoms with van der Waals surface area (Å²) < 4.78 is 37.8. The molecule has 2 heterocycles. The quantitative estimate of drug-likeness (QED) is 0.828. The minimum Gasteiger partial charge on any atom is -0.282 e. The fraction of sp³-hybridized carbons (Fsp3) is 0.333. The van der Waals surface area contributed by atoms with Crippen LogP contribution in [0.5, 0.6) is 0 Å². The van der Waals surface area contributed by atoms with Gasteiger partial charge in [0.15, 0.2) is 11.3 Å². The van der Waals surface area contributed by atoms with Crippen molar-refractivity contribution in [1.29, 1.82) is 5.41 Å². The molecule has 18 heavy (non-hydrogen) atoms. The fourth-order valence-corrected chi connectivity index (χ4v) is 4.33. The number of hydrogen-bond acceptors (Lipinski definition) is 5. The monoisotopic (exact) mass is 291 g/mol. The first-order valence-electron chi connectivity index (χ1n) is 4.93. The van der Waals surface area contributed by atoms with E-state index in [9.17, 15) is 17.6 Å². The summed E-state index contributed by atoms with van der Waals surface area (Å²) in [7, 11) is -2.82. The zero-order valence-corrected chi connectivity index (χ0v) is 11.0. The number of thioether (sulfide) groups is 1. The summed E-state index contributed by atoms with van der Waals surface area (Å²) in [5.41, 5.74) is -1.60. The van der Waals surface area contributed by atoms with Crippen molar-refractivity contribution in [2.24, 2.45) is 7.05 Å². The van der Waals surface area contributed by atoms with Crippen LogP contribution in [0.15, 0.2) is 22.5 Å². The molecule has 2 rings (SSSR count). The molecule has 0 bridgehead atoms. The molecule has 0 fully saturated rings. The van der Waals surface area contributed by atoms with E-state index in [1.54, 1.807) is 11.5 Å². The van der Waals surface area contributed by atoms with Gasteiger partial charge in [-0.25, -0.2) is 17.6 Å². The van der Waals surface area contributed by atoms with Crippen molar-refractivity contribution in [3.8, 4) is 0 Å². The van der Waals surface area contributed by atoms with Gasteiger partial charge >= 0.3 is 5.69 Å². The molecule has 1 N–H and O–H groups in total. The predicted molar refractivity (Wildman–Crippen MR) is 64.9 cm³/mol. The van der Waals surface area contributed by atoms with Crippen LogP contribution in [0, 0.1) is 11.2 Å². The van der Waals surface area contributed by atoms with Crippen LogP contribution in [0.3, 0.4) is 0 Å². The molecule has 0 aromatic carbocycles. The van der Waals surface area contributed by atoms with Crippen molar-refractivity contribution in [2.45, 2.75) is 11.0 Å². The van der Waals surface area contributed by atoms with E-state index < -0.39 is 31.6 Å². The van der Waals surface area contributed by atoms with Gasteiger partial charge in [0.1, 0.15) is 4.58 Å². The highest BCUT2D eigenvalue weighted by molar-refractivity contribution is 8.14. The van der Waals surface area contributed by atoms with Crippen molar-refractivity contribution in [1.82, 2.24) is 8.54 Å². The summed E-state index contributed by atoms with van der Waals surface area (Å²) in [6, 6.07) is 0. The van der Waals surface area contributed by atoms with E-state index in [0.717, 1.165) is 18.8 Å². The van der Waals surface area contributed by atoms with Gasteiger partial charge in [-0.3, -0.25) is 9.98 Å². The van der Waals surface area contributed by atoms with Crippen molar-refractivity contribution in [2.75, 3.05) is 0 Å². The Balaban J connectivity index is 2.66. The minimum absolute atomic E-state index is 0.271. The molecular weight excluding hydrogens is 281 g/mol. The molecule has 0 saturated carbocycles. The lowest BCUT2D eigenvalue weighted by molar-refractivity contribution is 0.533. The minimum atomic E-state index is -3.97. The number of nitrogens with one attached hydrogen (secondary N) is 1. The SMILES string of the molecule is Cn1c(=N)c(F)cn(S(=O)(=O)C2CC=CS2)c1=O. The van der Waals surface area contributed by atoms with E-state index in [1.807, 2.05) is 0 Å². The fourth-order valence-electron chi connectivity index (χ4n) is 1.49. The second-order valence-corrected chi connectivity index (χ2v) is 7.09. The molecule has 0 saturated heterocycles. The van der Waals surface area contributed by atoms with E-state index in [0.29, 0.717) is 14.7 Å². The summed E-state index contributed by atoms with van der Waals surface area (Å²) in [4.78, 5) is 11.8. The Morgan fingerprint density at radius 3 is 2.78 bits per heavy atom. The lowest BCUT2D eigenvalue weighted by Crippen LogP contribution is -2.43. The third-order valence-electron chi connectivity index (χ3n) is 2.53. The normalized spacial score (nSPS) is 19.3. The van der Waals surface area contributed by atoms with Crippen LogP contribution in [0.1, 0.15) is 6.42 Å². The molecule has 0 radical (unpaired) electrons. The molecule has 98 valence electrons. The van der Waals surface area contributed by atoms with Crippen LogP contribution < -0.4 is 11.2 Å². The number of halogens is 1. The average molecular weight is 291 g/mol. The number of nitrogens with zero attached hydrogens (tertiary/aromatic N) is 2. The third-order valence-corrected chi connectivity index (χ3v) is 6.10. The number of hydrogen-bond donors (Lipinski definition) is 1. The van der Waals surface area contributed by atoms with E-state index in [2.05, 4.69) is 0 Å². The second-order valence-electron chi connectivity index (χ2n) is 3.68. The van der Waals surface area contributed by atoms with Crippen molar-refractivity contribution < 1.29 is 12.8 Å². The van der Waals surface area contributed by atoms with Crippen LogP contribution >= 0.6 is 11.8 Å². The van der Waals surface area contributed by atoms with Gasteiger partial charge in [0.05, 0.1) is 6.20 Å². The Morgan fingerprint density at radius 1 is 1.56 bits per heavy atom. The molecule has 0 amide bonds. The standard InChI is InChI=1S/C9H10FN3O3S2/c1-12-8(11)6(10)5-13(9(12)14)18(15,16)7-3-2-4-17-7/h2,4-5,7,11H,3H2,1H3. The van der Waals surface area contributed by atoms with Gasteiger partial charge in [-0.15, -0.1) is 11.8 Å². The molecule has 1 unspecified atom stereocenters. The third kappa shape index (κ3) is 1.93. The summed E-state index contributed by atoms with van der Waals surface area (Å²) in [5.74, 6) is -1.06. The summed E-state index contributed by atoms with van der Waals surface area (Å²) in [6.45, 7) is 0. The highest BCUT2D eigenvalue weighted by atomic mass is 32.3. The maximum absolute atomic E-state index is 13.4. The van der Waals surface area contributed by atoms with E-state index in [1.165, 1.54) is 0 Å². The zero-order chi connectivity index (χ0) is 13.5. The van der Waals surface area contributed by atoms with Crippen LogP contribution in [0.4, 0.5) is 4.39 Å². The van der Waals surface area contributed by atoms with Crippen LogP contribution in [0.25, 0.3) is 0 Å². The molecule has 1 aliphatic heterocycles. The first-order chi connectivity index (χ1) is 8.35. The summed E-state index contributed by atoms with van der Waals surface area (Å²) >= 11 is 1.06. The Bertz CT molecular complexity index is 724. The topological polar surface area (TPSA) is 84.9 Å². The van der Waals surface area contributed by atoms with Gasteiger partial charge in [0.2, 0.25) is 0 Å². The Labute approximate surface area is 106 Å². The summed E-state index contributed by atoms with van der Waals surface area (Å²) in [5, 5.41) is 8.89. The van der Waals surface area contributed by atoms with E-state index in [4.69, 9.17) is 5.41 Å². The van der Waals surface area contributed by atoms with Gasteiger partial charge in [-0.2, -0.15) is 3.97 Å². The molecule has 0 spiro atoms. The van der Waals surface area contributed by atoms with Crippen LogP contribution in [0.2, 0.25) is 0 Å². The first-order valence-corrected chi connectivity index (χ1v) is 7.38. The van der Waals surface area contributed by atoms with Gasteiger partial charge in [-0.05, 0) is 11.8 Å². The smallest absolute Gasteiger partial charge is 0.282 e. The lowest BCUT2D eigenvalue weighted by Gasteiger charge is -2.13. The average Bonchev–Trinajstić information content (AvgIpc) is 2.85. The largest absolute Gasteiger partial charge is 0.343 e. The zero-order valence-electron chi connectivity index (χ0n) is 9.33. The molecule has 1 aliphatic rings.